The van der Waals surface area contributed by atoms with Crippen LogP contribution < -0.4 is 0 Å². The highest BCUT2D eigenvalue weighted by Crippen LogP contribution is 2.21. The van der Waals surface area contributed by atoms with Gasteiger partial charge in [-0.05, 0) is 40.6 Å². The van der Waals surface area contributed by atoms with Gasteiger partial charge in [0.2, 0.25) is 0 Å². The van der Waals surface area contributed by atoms with Gasteiger partial charge in [0.15, 0.2) is 0 Å². The minimum absolute atomic E-state index is 0.540. The van der Waals surface area contributed by atoms with E-state index in [1.807, 2.05) is 12.1 Å². The first-order chi connectivity index (χ1) is 9.81. The Bertz CT molecular complexity index is 768. The lowest BCUT2D eigenvalue weighted by molar-refractivity contribution is 0.756. The predicted octanol–water partition coefficient (Wildman–Crippen LogP) is 3.80. The molecule has 0 aliphatic carbocycles. The summed E-state index contributed by atoms with van der Waals surface area (Å²) in [5.74, 6) is 1.51. The van der Waals surface area contributed by atoms with E-state index in [1.165, 1.54) is 5.56 Å². The second kappa shape index (κ2) is 5.66. The quantitative estimate of drug-likeness (QED) is 0.688. The van der Waals surface area contributed by atoms with Gasteiger partial charge in [-0.3, -0.25) is 0 Å². The molecule has 0 fully saturated rings. The lowest BCUT2D eigenvalue weighted by Crippen LogP contribution is -2.05. The van der Waals surface area contributed by atoms with Gasteiger partial charge in [-0.2, -0.15) is 16.6 Å². The fraction of sp³-hybridized carbons (Fsp3) is 0.200. The number of nitrogens with zero attached hydrogens (tertiary/aromatic N) is 3. The van der Waals surface area contributed by atoms with E-state index in [-0.39, 0.29) is 0 Å². The van der Waals surface area contributed by atoms with Gasteiger partial charge >= 0.3 is 0 Å². The molecule has 20 heavy (non-hydrogen) atoms. The highest BCUT2D eigenvalue weighted by molar-refractivity contribution is 7.07. The summed E-state index contributed by atoms with van der Waals surface area (Å²) < 4.78 is 2.15. The molecule has 0 atom stereocenters. The summed E-state index contributed by atoms with van der Waals surface area (Å²) in [7, 11) is 0. The molecule has 0 radical (unpaired) electrons. The smallest absolute Gasteiger partial charge is 0.111 e. The Kier molecular flexibility index (Phi) is 3.72. The molecular formula is C15H12ClN3S. The van der Waals surface area contributed by atoms with Gasteiger partial charge in [-0.25, -0.2) is 4.98 Å². The third-order valence-electron chi connectivity index (χ3n) is 3.20. The van der Waals surface area contributed by atoms with Gasteiger partial charge in [0.05, 0.1) is 29.2 Å². The maximum absolute atomic E-state index is 9.06. The topological polar surface area (TPSA) is 41.6 Å². The number of aromatic nitrogens is 2. The molecule has 0 spiro atoms. The number of nitriles is 1. The highest BCUT2D eigenvalue weighted by Gasteiger charge is 2.11. The molecule has 3 rings (SSSR count). The van der Waals surface area contributed by atoms with Crippen molar-refractivity contribution in [1.82, 2.24) is 9.55 Å². The Hall–Kier alpha value is -1.83. The third-order valence-corrected chi connectivity index (χ3v) is 4.12. The van der Waals surface area contributed by atoms with Gasteiger partial charge in [0.1, 0.15) is 5.82 Å². The molecule has 0 saturated heterocycles. The number of thiophene rings is 1. The number of aryl methyl sites for hydroxylation is 1. The average Bonchev–Trinajstić information content (AvgIpc) is 3.08. The van der Waals surface area contributed by atoms with E-state index in [9.17, 15) is 0 Å². The number of hydrogen-bond acceptors (Lipinski definition) is 3. The standard InChI is InChI=1S/C15H12ClN3S/c16-5-3-15-18-13-2-1-11(8-17)7-14(13)19(15)9-12-4-6-20-10-12/h1-2,4,6-7,10H,3,5,9H2. The van der Waals surface area contributed by atoms with Gasteiger partial charge in [-0.1, -0.05) is 0 Å². The van der Waals surface area contributed by atoms with Crippen molar-refractivity contribution in [3.63, 3.8) is 0 Å². The summed E-state index contributed by atoms with van der Waals surface area (Å²) >= 11 is 7.55. The number of imidazole rings is 1. The molecular weight excluding hydrogens is 290 g/mol. The zero-order valence-electron chi connectivity index (χ0n) is 10.7. The van der Waals surface area contributed by atoms with Crippen LogP contribution in [0.4, 0.5) is 0 Å². The van der Waals surface area contributed by atoms with Crippen LogP contribution in [0.25, 0.3) is 11.0 Å². The van der Waals surface area contributed by atoms with E-state index in [0.717, 1.165) is 29.8 Å². The van der Waals surface area contributed by atoms with Crippen LogP contribution in [-0.4, -0.2) is 15.4 Å². The fourth-order valence-electron chi connectivity index (χ4n) is 2.26. The van der Waals surface area contributed by atoms with E-state index in [0.29, 0.717) is 11.4 Å². The van der Waals surface area contributed by atoms with Crippen LogP contribution in [-0.2, 0) is 13.0 Å². The third kappa shape index (κ3) is 2.43. The number of hydrogen-bond donors (Lipinski definition) is 0. The van der Waals surface area contributed by atoms with E-state index in [4.69, 9.17) is 16.9 Å². The van der Waals surface area contributed by atoms with Crippen molar-refractivity contribution in [3.8, 4) is 6.07 Å². The lowest BCUT2D eigenvalue weighted by Gasteiger charge is -2.07. The van der Waals surface area contributed by atoms with Crippen molar-refractivity contribution in [1.29, 1.82) is 5.26 Å². The zero-order valence-corrected chi connectivity index (χ0v) is 12.3. The van der Waals surface area contributed by atoms with Crippen LogP contribution in [0.2, 0.25) is 0 Å². The van der Waals surface area contributed by atoms with Gasteiger partial charge in [0, 0.05) is 12.3 Å². The van der Waals surface area contributed by atoms with Crippen molar-refractivity contribution in [2.45, 2.75) is 13.0 Å². The number of rotatable bonds is 4. The zero-order chi connectivity index (χ0) is 13.9. The van der Waals surface area contributed by atoms with Crippen LogP contribution >= 0.6 is 22.9 Å². The fourth-order valence-corrected chi connectivity index (χ4v) is 3.09. The number of alkyl halides is 1. The molecule has 0 N–H and O–H groups in total. The summed E-state index contributed by atoms with van der Waals surface area (Å²) in [6.45, 7) is 0.765. The second-order valence-corrected chi connectivity index (χ2v) is 5.66. The minimum Gasteiger partial charge on any atom is -0.323 e. The van der Waals surface area contributed by atoms with E-state index >= 15 is 0 Å². The molecule has 0 aliphatic heterocycles. The van der Waals surface area contributed by atoms with Crippen molar-refractivity contribution in [2.24, 2.45) is 0 Å². The Morgan fingerprint density at radius 3 is 2.95 bits per heavy atom. The molecule has 0 bridgehead atoms. The molecule has 3 nitrogen and oxygen atoms in total. The lowest BCUT2D eigenvalue weighted by atomic mass is 10.2. The number of fused-ring (bicyclic) bond motifs is 1. The highest BCUT2D eigenvalue weighted by atomic mass is 35.5. The van der Waals surface area contributed by atoms with Crippen LogP contribution in [0.15, 0.2) is 35.0 Å². The Morgan fingerprint density at radius 1 is 1.35 bits per heavy atom. The molecule has 2 aromatic heterocycles. The average molecular weight is 302 g/mol. The number of benzene rings is 1. The van der Waals surface area contributed by atoms with Crippen LogP contribution in [0.5, 0.6) is 0 Å². The first kappa shape index (κ1) is 13.2. The predicted molar refractivity (Wildman–Crippen MR) is 82.3 cm³/mol. The van der Waals surface area contributed by atoms with Crippen molar-refractivity contribution in [3.05, 3.63) is 52.0 Å². The summed E-state index contributed by atoms with van der Waals surface area (Å²) in [6, 6.07) is 9.88. The molecule has 100 valence electrons. The summed E-state index contributed by atoms with van der Waals surface area (Å²) in [4.78, 5) is 4.63. The van der Waals surface area contributed by atoms with E-state index in [1.54, 1.807) is 17.4 Å². The van der Waals surface area contributed by atoms with E-state index in [2.05, 4.69) is 32.4 Å². The largest absolute Gasteiger partial charge is 0.323 e. The first-order valence-corrected chi connectivity index (χ1v) is 7.76. The Balaban J connectivity index is 2.14. The van der Waals surface area contributed by atoms with Crippen LogP contribution in [0.1, 0.15) is 17.0 Å². The monoisotopic (exact) mass is 301 g/mol. The minimum atomic E-state index is 0.540. The molecule has 2 heterocycles. The van der Waals surface area contributed by atoms with Crippen molar-refractivity contribution >= 4 is 34.0 Å². The van der Waals surface area contributed by atoms with Crippen LogP contribution in [0, 0.1) is 11.3 Å². The second-order valence-electron chi connectivity index (χ2n) is 4.50. The van der Waals surface area contributed by atoms with Crippen molar-refractivity contribution < 1.29 is 0 Å². The summed E-state index contributed by atoms with van der Waals surface area (Å²) in [6.07, 6.45) is 0.724. The van der Waals surface area contributed by atoms with Gasteiger partial charge in [-0.15, -0.1) is 11.6 Å². The van der Waals surface area contributed by atoms with E-state index < -0.39 is 0 Å². The maximum atomic E-state index is 9.06. The maximum Gasteiger partial charge on any atom is 0.111 e. The molecule has 0 unspecified atom stereocenters. The molecule has 1 aromatic carbocycles. The number of halogens is 1. The van der Waals surface area contributed by atoms with Gasteiger partial charge < -0.3 is 4.57 Å². The molecule has 3 aromatic rings. The SMILES string of the molecule is N#Cc1ccc2nc(CCCl)n(Cc3ccsc3)c2c1. The normalized spacial score (nSPS) is 10.8. The summed E-state index contributed by atoms with van der Waals surface area (Å²) in [5, 5.41) is 13.3. The Labute approximate surface area is 126 Å². The molecule has 5 heteroatoms. The van der Waals surface area contributed by atoms with Crippen molar-refractivity contribution in [2.75, 3.05) is 5.88 Å². The molecule has 0 saturated carbocycles. The van der Waals surface area contributed by atoms with Crippen LogP contribution in [0.3, 0.4) is 0 Å². The Morgan fingerprint density at radius 2 is 2.25 bits per heavy atom. The first-order valence-electron chi connectivity index (χ1n) is 6.28. The van der Waals surface area contributed by atoms with Gasteiger partial charge in [0.25, 0.3) is 0 Å². The molecule has 0 aliphatic rings. The molecule has 0 amide bonds. The summed E-state index contributed by atoms with van der Waals surface area (Å²) in [5.41, 5.74) is 3.81.